The number of hydrogen-bond acceptors (Lipinski definition) is 7. The predicted octanol–water partition coefficient (Wildman–Crippen LogP) is 3.69. The van der Waals surface area contributed by atoms with Gasteiger partial charge in [-0.1, -0.05) is 18.2 Å². The maximum absolute atomic E-state index is 12.9. The lowest BCUT2D eigenvalue weighted by Gasteiger charge is -2.14. The summed E-state index contributed by atoms with van der Waals surface area (Å²) >= 11 is 1.49. The zero-order valence-electron chi connectivity index (χ0n) is 17.0. The van der Waals surface area contributed by atoms with Crippen LogP contribution in [0.25, 0.3) is 11.1 Å². The van der Waals surface area contributed by atoms with Crippen molar-refractivity contribution >= 4 is 17.7 Å². The number of amides is 1. The molecule has 0 atom stereocenters. The summed E-state index contributed by atoms with van der Waals surface area (Å²) in [4.78, 5) is 21.6. The van der Waals surface area contributed by atoms with Crippen molar-refractivity contribution in [3.63, 3.8) is 0 Å². The molecule has 156 valence electrons. The number of nitrogens with one attached hydrogen (secondary N) is 1. The van der Waals surface area contributed by atoms with Crippen LogP contribution in [0.1, 0.15) is 10.4 Å². The molecule has 1 N–H and O–H groups in total. The smallest absolute Gasteiger partial charge is 0.253 e. The first-order valence-electron chi connectivity index (χ1n) is 9.25. The summed E-state index contributed by atoms with van der Waals surface area (Å²) in [6, 6.07) is 14.9. The highest BCUT2D eigenvalue weighted by Crippen LogP contribution is 2.34. The van der Waals surface area contributed by atoms with Crippen molar-refractivity contribution < 1.29 is 19.0 Å². The Hall–Kier alpha value is -3.26. The average molecular weight is 426 g/mol. The molecule has 8 heteroatoms. The number of benzene rings is 1. The first-order valence-corrected chi connectivity index (χ1v) is 10.5. The molecule has 0 fully saturated rings. The number of carbonyl (C=O) groups is 1. The minimum absolute atomic E-state index is 0.250. The number of para-hydroxylation sites is 1. The van der Waals surface area contributed by atoms with E-state index in [2.05, 4.69) is 15.3 Å². The van der Waals surface area contributed by atoms with E-state index in [9.17, 15) is 4.79 Å². The minimum atomic E-state index is -0.250. The van der Waals surface area contributed by atoms with Gasteiger partial charge in [0.2, 0.25) is 11.8 Å². The average Bonchev–Trinajstić information content (AvgIpc) is 2.81. The molecule has 3 aromatic rings. The van der Waals surface area contributed by atoms with E-state index in [1.54, 1.807) is 12.3 Å². The second-order valence-electron chi connectivity index (χ2n) is 6.10. The third-order valence-electron chi connectivity index (χ3n) is 4.26. The standard InChI is InChI=1S/C22H23N3O4S/c1-27-19-10-9-16(22(25-19)28-2)17-13-20(30-3)24-14-18(17)21(26)23-11-12-29-15-7-5-4-6-8-15/h4-10,13-14H,11-12H2,1-3H3,(H,23,26). The van der Waals surface area contributed by atoms with Crippen LogP contribution in [0.15, 0.2) is 59.8 Å². The summed E-state index contributed by atoms with van der Waals surface area (Å²) in [6.07, 6.45) is 3.49. The van der Waals surface area contributed by atoms with Gasteiger partial charge in [-0.25, -0.2) is 4.98 Å². The molecule has 0 aliphatic heterocycles. The summed E-state index contributed by atoms with van der Waals surface area (Å²) in [5.74, 6) is 1.31. The number of methoxy groups -OCH3 is 2. The van der Waals surface area contributed by atoms with Gasteiger partial charge in [0, 0.05) is 23.4 Å². The maximum Gasteiger partial charge on any atom is 0.253 e. The molecule has 0 spiro atoms. The van der Waals surface area contributed by atoms with Crippen LogP contribution in [-0.2, 0) is 0 Å². The molecule has 2 heterocycles. The van der Waals surface area contributed by atoms with Gasteiger partial charge in [-0.15, -0.1) is 11.8 Å². The van der Waals surface area contributed by atoms with Crippen LogP contribution >= 0.6 is 11.8 Å². The summed E-state index contributed by atoms with van der Waals surface area (Å²) in [6.45, 7) is 0.713. The third-order valence-corrected chi connectivity index (χ3v) is 4.90. The number of nitrogens with zero attached hydrogens (tertiary/aromatic N) is 2. The summed E-state index contributed by atoms with van der Waals surface area (Å²) < 4.78 is 16.2. The van der Waals surface area contributed by atoms with Gasteiger partial charge in [-0.2, -0.15) is 4.98 Å². The Balaban J connectivity index is 1.80. The number of aromatic nitrogens is 2. The van der Waals surface area contributed by atoms with Gasteiger partial charge in [-0.05, 0) is 30.5 Å². The molecule has 0 radical (unpaired) electrons. The Bertz CT molecular complexity index is 999. The van der Waals surface area contributed by atoms with Crippen LogP contribution < -0.4 is 19.5 Å². The molecule has 3 rings (SSSR count). The molecular weight excluding hydrogens is 402 g/mol. The van der Waals surface area contributed by atoms with E-state index < -0.39 is 0 Å². The maximum atomic E-state index is 12.9. The first-order chi connectivity index (χ1) is 14.7. The zero-order valence-corrected chi connectivity index (χ0v) is 17.9. The minimum Gasteiger partial charge on any atom is -0.492 e. The van der Waals surface area contributed by atoms with Crippen LogP contribution in [0.2, 0.25) is 0 Å². The summed E-state index contributed by atoms with van der Waals surface area (Å²) in [7, 11) is 3.07. The number of ether oxygens (including phenoxy) is 3. The molecule has 1 aromatic carbocycles. The molecule has 0 bridgehead atoms. The summed E-state index contributed by atoms with van der Waals surface area (Å²) in [5, 5.41) is 3.66. The monoisotopic (exact) mass is 425 g/mol. The van der Waals surface area contributed by atoms with Gasteiger partial charge >= 0.3 is 0 Å². The fourth-order valence-corrected chi connectivity index (χ4v) is 3.19. The van der Waals surface area contributed by atoms with Crippen molar-refractivity contribution in [3.8, 4) is 28.6 Å². The van der Waals surface area contributed by atoms with E-state index >= 15 is 0 Å². The van der Waals surface area contributed by atoms with Crippen LogP contribution in [0.5, 0.6) is 17.5 Å². The normalized spacial score (nSPS) is 10.4. The Morgan fingerprint density at radius 3 is 2.57 bits per heavy atom. The molecule has 1 amide bonds. The Morgan fingerprint density at radius 2 is 1.87 bits per heavy atom. The zero-order chi connectivity index (χ0) is 21.3. The third kappa shape index (κ3) is 5.21. The second-order valence-corrected chi connectivity index (χ2v) is 6.93. The lowest BCUT2D eigenvalue weighted by atomic mass is 10.0. The van der Waals surface area contributed by atoms with E-state index in [1.807, 2.05) is 48.7 Å². The summed E-state index contributed by atoms with van der Waals surface area (Å²) in [5.41, 5.74) is 1.79. The lowest BCUT2D eigenvalue weighted by molar-refractivity contribution is 0.0947. The number of pyridine rings is 2. The van der Waals surface area contributed by atoms with Gasteiger partial charge in [0.25, 0.3) is 5.91 Å². The SMILES string of the molecule is COc1ccc(-c2cc(SC)ncc2C(=O)NCCOc2ccccc2)c(OC)n1. The van der Waals surface area contributed by atoms with Gasteiger partial charge in [0.05, 0.1) is 31.4 Å². The predicted molar refractivity (Wildman–Crippen MR) is 117 cm³/mol. The van der Waals surface area contributed by atoms with E-state index in [4.69, 9.17) is 14.2 Å². The Labute approximate surface area is 179 Å². The number of thioether (sulfide) groups is 1. The lowest BCUT2D eigenvalue weighted by Crippen LogP contribution is -2.28. The number of rotatable bonds is 9. The molecule has 0 aliphatic rings. The fourth-order valence-electron chi connectivity index (χ4n) is 2.79. The van der Waals surface area contributed by atoms with Crippen LogP contribution in [-0.4, -0.2) is 49.5 Å². The van der Waals surface area contributed by atoms with E-state index in [0.29, 0.717) is 41.6 Å². The highest BCUT2D eigenvalue weighted by Gasteiger charge is 2.19. The molecular formula is C22H23N3O4S. The molecule has 30 heavy (non-hydrogen) atoms. The topological polar surface area (TPSA) is 82.6 Å². The van der Waals surface area contributed by atoms with Crippen LogP contribution in [0.3, 0.4) is 0 Å². The van der Waals surface area contributed by atoms with Crippen molar-refractivity contribution in [2.24, 2.45) is 0 Å². The van der Waals surface area contributed by atoms with Gasteiger partial charge in [0.1, 0.15) is 12.4 Å². The Morgan fingerprint density at radius 1 is 1.07 bits per heavy atom. The second kappa shape index (κ2) is 10.5. The van der Waals surface area contributed by atoms with Crippen molar-refractivity contribution in [1.82, 2.24) is 15.3 Å². The molecule has 0 saturated carbocycles. The van der Waals surface area contributed by atoms with E-state index in [-0.39, 0.29) is 5.91 Å². The number of hydrogen-bond donors (Lipinski definition) is 1. The van der Waals surface area contributed by atoms with Crippen molar-refractivity contribution in [1.29, 1.82) is 0 Å². The fraction of sp³-hybridized carbons (Fsp3) is 0.227. The number of carbonyl (C=O) groups excluding carboxylic acids is 1. The van der Waals surface area contributed by atoms with Crippen molar-refractivity contribution in [2.45, 2.75) is 5.03 Å². The quantitative estimate of drug-likeness (QED) is 0.413. The van der Waals surface area contributed by atoms with E-state index in [0.717, 1.165) is 10.8 Å². The van der Waals surface area contributed by atoms with Gasteiger partial charge in [0.15, 0.2) is 0 Å². The van der Waals surface area contributed by atoms with Gasteiger partial charge < -0.3 is 19.5 Å². The molecule has 0 saturated heterocycles. The largest absolute Gasteiger partial charge is 0.492 e. The highest BCUT2D eigenvalue weighted by molar-refractivity contribution is 7.98. The van der Waals surface area contributed by atoms with E-state index in [1.165, 1.54) is 26.0 Å². The van der Waals surface area contributed by atoms with Crippen molar-refractivity contribution in [2.75, 3.05) is 33.6 Å². The highest BCUT2D eigenvalue weighted by atomic mass is 32.2. The molecule has 0 unspecified atom stereocenters. The Kier molecular flexibility index (Phi) is 7.51. The van der Waals surface area contributed by atoms with Gasteiger partial charge in [-0.3, -0.25) is 4.79 Å². The first kappa shape index (κ1) is 21.4. The molecule has 0 aliphatic carbocycles. The van der Waals surface area contributed by atoms with Crippen molar-refractivity contribution in [3.05, 3.63) is 60.3 Å². The molecule has 2 aromatic heterocycles. The van der Waals surface area contributed by atoms with Crippen LogP contribution in [0, 0.1) is 0 Å². The molecule has 7 nitrogen and oxygen atoms in total. The van der Waals surface area contributed by atoms with Crippen LogP contribution in [0.4, 0.5) is 0 Å².